The number of carbonyl (C=O) groups excluding carboxylic acids is 1. The predicted octanol–water partition coefficient (Wildman–Crippen LogP) is 8.79. The van der Waals surface area contributed by atoms with Gasteiger partial charge in [-0.25, -0.2) is 9.59 Å². The highest BCUT2D eigenvalue weighted by atomic mass is 16.6. The van der Waals surface area contributed by atoms with Gasteiger partial charge in [-0.1, -0.05) is 93.7 Å². The predicted molar refractivity (Wildman–Crippen MR) is 157 cm³/mol. The molecule has 1 N–H and O–H groups in total. The number of carboxylic acid groups (broad SMARTS) is 1. The molecule has 0 bridgehead atoms. The highest BCUT2D eigenvalue weighted by molar-refractivity contribution is 5.92. The van der Waals surface area contributed by atoms with Crippen molar-refractivity contribution in [2.45, 2.75) is 90.6 Å². The summed E-state index contributed by atoms with van der Waals surface area (Å²) >= 11 is 0. The number of aromatic carboxylic acids is 1. The number of esters is 1. The van der Waals surface area contributed by atoms with Crippen LogP contribution in [0.1, 0.15) is 95.3 Å². The zero-order valence-electron chi connectivity index (χ0n) is 23.4. The minimum absolute atomic E-state index is 0.0401. The summed E-state index contributed by atoms with van der Waals surface area (Å²) in [6.07, 6.45) is 30.5. The summed E-state index contributed by atoms with van der Waals surface area (Å²) in [5, 5.41) is 9.34. The van der Waals surface area contributed by atoms with Crippen LogP contribution in [-0.2, 0) is 9.53 Å². The van der Waals surface area contributed by atoms with Crippen LogP contribution in [0.5, 0.6) is 5.75 Å². The molecule has 0 unspecified atom stereocenters. The number of benzene rings is 1. The van der Waals surface area contributed by atoms with E-state index in [1.54, 1.807) is 12.1 Å². The van der Waals surface area contributed by atoms with Crippen molar-refractivity contribution in [1.29, 1.82) is 0 Å². The molecule has 38 heavy (non-hydrogen) atoms. The first-order chi connectivity index (χ1) is 18.5. The molecule has 0 fully saturated rings. The topological polar surface area (TPSA) is 72.8 Å². The Bertz CT molecular complexity index is 948. The Hall–Kier alpha value is -3.18. The summed E-state index contributed by atoms with van der Waals surface area (Å²) in [5.74, 6) is -1.64. The zero-order valence-corrected chi connectivity index (χ0v) is 23.4. The minimum atomic E-state index is -1.14. The van der Waals surface area contributed by atoms with Gasteiger partial charge in [0.1, 0.15) is 11.3 Å². The van der Waals surface area contributed by atoms with Crippen LogP contribution < -0.4 is 4.74 Å². The fourth-order valence-electron chi connectivity index (χ4n) is 3.73. The van der Waals surface area contributed by atoms with E-state index in [-0.39, 0.29) is 11.3 Å². The summed E-state index contributed by atoms with van der Waals surface area (Å²) in [6.45, 7) is 6.35. The van der Waals surface area contributed by atoms with Crippen molar-refractivity contribution in [3.63, 3.8) is 0 Å². The van der Waals surface area contributed by atoms with E-state index in [9.17, 15) is 14.7 Å². The number of carboxylic acids is 1. The smallest absolute Gasteiger partial charge is 0.343 e. The average molecular weight is 523 g/mol. The summed E-state index contributed by atoms with van der Waals surface area (Å²) < 4.78 is 11.5. The molecule has 0 amide bonds. The third-order valence-corrected chi connectivity index (χ3v) is 6.14. The first-order valence-electron chi connectivity index (χ1n) is 13.9. The van der Waals surface area contributed by atoms with Crippen molar-refractivity contribution in [1.82, 2.24) is 0 Å². The van der Waals surface area contributed by atoms with Crippen LogP contribution in [0, 0.1) is 0 Å². The van der Waals surface area contributed by atoms with Crippen LogP contribution in [0.25, 0.3) is 0 Å². The molecule has 5 nitrogen and oxygen atoms in total. The first-order valence-corrected chi connectivity index (χ1v) is 13.9. The Morgan fingerprint density at radius 2 is 1.29 bits per heavy atom. The van der Waals surface area contributed by atoms with E-state index in [0.717, 1.165) is 51.4 Å². The van der Waals surface area contributed by atoms with Gasteiger partial charge in [-0.2, -0.15) is 0 Å². The lowest BCUT2D eigenvalue weighted by Gasteiger charge is -2.29. The fraction of sp³-hybridized carbons (Fsp3) is 0.455. The average Bonchev–Trinajstić information content (AvgIpc) is 2.92. The van der Waals surface area contributed by atoms with Crippen LogP contribution in [0.4, 0.5) is 0 Å². The highest BCUT2D eigenvalue weighted by Crippen LogP contribution is 2.26. The van der Waals surface area contributed by atoms with E-state index in [1.807, 2.05) is 13.8 Å². The van der Waals surface area contributed by atoms with Crippen molar-refractivity contribution in [2.75, 3.05) is 6.61 Å². The van der Waals surface area contributed by atoms with E-state index < -0.39 is 17.5 Å². The lowest BCUT2D eigenvalue weighted by Crippen LogP contribution is -2.44. The lowest BCUT2D eigenvalue weighted by molar-refractivity contribution is -0.164. The van der Waals surface area contributed by atoms with Crippen molar-refractivity contribution in [2.24, 2.45) is 0 Å². The van der Waals surface area contributed by atoms with Crippen LogP contribution >= 0.6 is 0 Å². The van der Waals surface area contributed by atoms with Gasteiger partial charge in [0.25, 0.3) is 0 Å². The Morgan fingerprint density at radius 3 is 1.82 bits per heavy atom. The maximum atomic E-state index is 12.9. The SMILES string of the molecule is CC/C=C\C/C=C\C/C=C\C/C=C\C/C=C\CCCCOC(CC)(CC)C(=O)Oc1ccccc1C(=O)O. The Kier molecular flexibility index (Phi) is 18.0. The molecule has 208 valence electrons. The second-order valence-corrected chi connectivity index (χ2v) is 8.94. The summed E-state index contributed by atoms with van der Waals surface area (Å²) in [6, 6.07) is 6.15. The molecule has 0 spiro atoms. The van der Waals surface area contributed by atoms with Gasteiger partial charge < -0.3 is 14.6 Å². The molecular formula is C33H46O5. The van der Waals surface area contributed by atoms with E-state index >= 15 is 0 Å². The largest absolute Gasteiger partial charge is 0.478 e. The number of hydrogen-bond acceptors (Lipinski definition) is 4. The number of unbranched alkanes of at least 4 members (excludes halogenated alkanes) is 2. The van der Waals surface area contributed by atoms with Crippen molar-refractivity contribution in [3.8, 4) is 5.75 Å². The molecular weight excluding hydrogens is 476 g/mol. The Labute approximate surface area is 229 Å². The molecule has 5 heteroatoms. The van der Waals surface area contributed by atoms with Crippen molar-refractivity contribution < 1.29 is 24.2 Å². The minimum Gasteiger partial charge on any atom is -0.478 e. The number of rotatable bonds is 20. The van der Waals surface area contributed by atoms with Crippen LogP contribution in [0.2, 0.25) is 0 Å². The van der Waals surface area contributed by atoms with Crippen molar-refractivity contribution >= 4 is 11.9 Å². The number of hydrogen-bond donors (Lipinski definition) is 1. The van der Waals surface area contributed by atoms with Gasteiger partial charge >= 0.3 is 11.9 Å². The molecule has 0 heterocycles. The van der Waals surface area contributed by atoms with Gasteiger partial charge in [-0.05, 0) is 76.3 Å². The first kappa shape index (κ1) is 32.8. The number of ether oxygens (including phenoxy) is 2. The van der Waals surface area contributed by atoms with Crippen LogP contribution in [-0.4, -0.2) is 29.3 Å². The molecule has 0 aliphatic heterocycles. The molecule has 1 rings (SSSR count). The quantitative estimate of drug-likeness (QED) is 0.0802. The molecule has 0 radical (unpaired) electrons. The number of carbonyl (C=O) groups is 2. The molecule has 1 aromatic carbocycles. The molecule has 0 aromatic heterocycles. The Morgan fingerprint density at radius 1 is 0.763 bits per heavy atom. The third-order valence-electron chi connectivity index (χ3n) is 6.14. The lowest BCUT2D eigenvalue weighted by atomic mass is 9.97. The van der Waals surface area contributed by atoms with Gasteiger partial charge in [0, 0.05) is 6.61 Å². The second-order valence-electron chi connectivity index (χ2n) is 8.94. The van der Waals surface area contributed by atoms with E-state index in [0.29, 0.717) is 19.4 Å². The molecule has 0 aliphatic rings. The van der Waals surface area contributed by atoms with E-state index in [2.05, 4.69) is 67.7 Å². The monoisotopic (exact) mass is 522 g/mol. The summed E-state index contributed by atoms with van der Waals surface area (Å²) in [7, 11) is 0. The van der Waals surface area contributed by atoms with Gasteiger partial charge in [0.2, 0.25) is 0 Å². The molecule has 0 atom stereocenters. The van der Waals surface area contributed by atoms with Gasteiger partial charge in [-0.3, -0.25) is 0 Å². The maximum Gasteiger partial charge on any atom is 0.343 e. The van der Waals surface area contributed by atoms with Gasteiger partial charge in [-0.15, -0.1) is 0 Å². The summed E-state index contributed by atoms with van der Waals surface area (Å²) in [4.78, 5) is 24.3. The molecule has 0 saturated carbocycles. The van der Waals surface area contributed by atoms with Crippen LogP contribution in [0.3, 0.4) is 0 Å². The maximum absolute atomic E-state index is 12.9. The third kappa shape index (κ3) is 13.4. The normalized spacial score (nSPS) is 12.6. The van der Waals surface area contributed by atoms with E-state index in [4.69, 9.17) is 9.47 Å². The number of para-hydroxylation sites is 1. The standard InChI is InChI=1S/C33H46O5/c1-4-7-8-9-10-11-12-13-14-15-16-17-18-19-20-21-22-25-28-37-33(5-2,6-3)32(36)38-30-27-24-23-26-29(30)31(34)35/h7-8,10-11,13-14,16-17,19-20,23-24,26-27H,4-6,9,12,15,18,21-22,25,28H2,1-3H3,(H,34,35)/b8-7-,11-10-,14-13-,17-16-,20-19-. The molecule has 0 saturated heterocycles. The molecule has 1 aromatic rings. The van der Waals surface area contributed by atoms with Crippen LogP contribution in [0.15, 0.2) is 85.0 Å². The van der Waals surface area contributed by atoms with Gasteiger partial charge in [0.15, 0.2) is 5.60 Å². The second kappa shape index (κ2) is 20.8. The van der Waals surface area contributed by atoms with Gasteiger partial charge in [0.05, 0.1) is 0 Å². The Balaban J connectivity index is 2.28. The zero-order chi connectivity index (χ0) is 27.9. The highest BCUT2D eigenvalue weighted by Gasteiger charge is 2.38. The van der Waals surface area contributed by atoms with Crippen molar-refractivity contribution in [3.05, 3.63) is 90.6 Å². The van der Waals surface area contributed by atoms with E-state index in [1.165, 1.54) is 12.1 Å². The summed E-state index contributed by atoms with van der Waals surface area (Å²) in [5.41, 5.74) is -1.12. The number of allylic oxidation sites excluding steroid dienone is 10. The molecule has 0 aliphatic carbocycles. The fourth-order valence-corrected chi connectivity index (χ4v) is 3.73.